The quantitative estimate of drug-likeness (QED) is 0.665. The van der Waals surface area contributed by atoms with Gasteiger partial charge in [-0.2, -0.15) is 0 Å². The zero-order valence-corrected chi connectivity index (χ0v) is 13.3. The number of anilines is 2. The Morgan fingerprint density at radius 1 is 1.10 bits per heavy atom. The SMILES string of the molecule is CSc1ccccc1NC(=O)C(C)(C)c1ccc(N)cc1. The number of carbonyl (C=O) groups excluding carboxylic acids is 1. The summed E-state index contributed by atoms with van der Waals surface area (Å²) >= 11 is 1.61. The molecule has 0 unspecified atom stereocenters. The number of benzene rings is 2. The van der Waals surface area contributed by atoms with Gasteiger partial charge >= 0.3 is 0 Å². The summed E-state index contributed by atoms with van der Waals surface area (Å²) in [5, 5.41) is 3.02. The molecular formula is C17H20N2OS. The number of hydrogen-bond donors (Lipinski definition) is 2. The van der Waals surface area contributed by atoms with Crippen molar-refractivity contribution in [1.29, 1.82) is 0 Å². The molecule has 0 bridgehead atoms. The first kappa shape index (κ1) is 15.4. The molecule has 4 heteroatoms. The molecule has 0 radical (unpaired) electrons. The van der Waals surface area contributed by atoms with Crippen LogP contribution in [0.3, 0.4) is 0 Å². The van der Waals surface area contributed by atoms with Gasteiger partial charge in [-0.05, 0) is 49.9 Å². The van der Waals surface area contributed by atoms with E-state index in [9.17, 15) is 4.79 Å². The lowest BCUT2D eigenvalue weighted by Gasteiger charge is -2.25. The van der Waals surface area contributed by atoms with Gasteiger partial charge in [-0.3, -0.25) is 4.79 Å². The normalized spacial score (nSPS) is 11.2. The summed E-state index contributed by atoms with van der Waals surface area (Å²) in [4.78, 5) is 13.7. The van der Waals surface area contributed by atoms with Crippen molar-refractivity contribution in [3.8, 4) is 0 Å². The van der Waals surface area contributed by atoms with Gasteiger partial charge in [-0.15, -0.1) is 11.8 Å². The fourth-order valence-corrected chi connectivity index (χ4v) is 2.61. The average molecular weight is 300 g/mol. The Morgan fingerprint density at radius 3 is 2.33 bits per heavy atom. The number of nitrogen functional groups attached to an aromatic ring is 1. The van der Waals surface area contributed by atoms with Crippen molar-refractivity contribution >= 4 is 29.0 Å². The van der Waals surface area contributed by atoms with Gasteiger partial charge in [0.05, 0.1) is 11.1 Å². The van der Waals surface area contributed by atoms with Gasteiger partial charge in [0.15, 0.2) is 0 Å². The summed E-state index contributed by atoms with van der Waals surface area (Å²) in [6.07, 6.45) is 2.00. The van der Waals surface area contributed by atoms with E-state index in [2.05, 4.69) is 5.32 Å². The molecule has 2 aromatic rings. The fraction of sp³-hybridized carbons (Fsp3) is 0.235. The highest BCUT2D eigenvalue weighted by Crippen LogP contribution is 2.29. The summed E-state index contributed by atoms with van der Waals surface area (Å²) < 4.78 is 0. The molecule has 0 heterocycles. The van der Waals surface area contributed by atoms with Crippen LogP contribution in [0.4, 0.5) is 11.4 Å². The second-order valence-corrected chi connectivity index (χ2v) is 6.25. The molecule has 21 heavy (non-hydrogen) atoms. The van der Waals surface area contributed by atoms with Crippen molar-refractivity contribution in [3.05, 3.63) is 54.1 Å². The first-order valence-corrected chi connectivity index (χ1v) is 7.98. The highest BCUT2D eigenvalue weighted by Gasteiger charge is 2.30. The maximum Gasteiger partial charge on any atom is 0.234 e. The molecular weight excluding hydrogens is 280 g/mol. The van der Waals surface area contributed by atoms with Crippen molar-refractivity contribution in [2.75, 3.05) is 17.3 Å². The van der Waals surface area contributed by atoms with E-state index in [4.69, 9.17) is 5.73 Å². The molecule has 0 spiro atoms. The molecule has 0 aliphatic carbocycles. The second kappa shape index (κ2) is 6.22. The number of nitrogens with two attached hydrogens (primary N) is 1. The van der Waals surface area contributed by atoms with Crippen LogP contribution in [0.15, 0.2) is 53.4 Å². The lowest BCUT2D eigenvalue weighted by atomic mass is 9.83. The predicted octanol–water partition coefficient (Wildman–Crippen LogP) is 3.91. The summed E-state index contributed by atoms with van der Waals surface area (Å²) in [5.74, 6) is -0.0335. The van der Waals surface area contributed by atoms with Crippen LogP contribution in [0, 0.1) is 0 Å². The second-order valence-electron chi connectivity index (χ2n) is 5.40. The minimum absolute atomic E-state index is 0.0335. The summed E-state index contributed by atoms with van der Waals surface area (Å²) in [7, 11) is 0. The monoisotopic (exact) mass is 300 g/mol. The van der Waals surface area contributed by atoms with Crippen LogP contribution in [0.25, 0.3) is 0 Å². The number of carbonyl (C=O) groups is 1. The molecule has 0 aliphatic heterocycles. The molecule has 0 saturated carbocycles. The van der Waals surface area contributed by atoms with E-state index >= 15 is 0 Å². The van der Waals surface area contributed by atoms with Gasteiger partial charge in [0.2, 0.25) is 5.91 Å². The molecule has 1 amide bonds. The van der Waals surface area contributed by atoms with Crippen LogP contribution in [-0.2, 0) is 10.2 Å². The van der Waals surface area contributed by atoms with E-state index in [1.807, 2.05) is 68.6 Å². The third-order valence-electron chi connectivity index (χ3n) is 3.56. The van der Waals surface area contributed by atoms with E-state index in [-0.39, 0.29) is 5.91 Å². The van der Waals surface area contributed by atoms with E-state index in [0.29, 0.717) is 5.69 Å². The van der Waals surface area contributed by atoms with Gasteiger partial charge in [0, 0.05) is 10.6 Å². The molecule has 0 fully saturated rings. The van der Waals surface area contributed by atoms with Gasteiger partial charge in [0.25, 0.3) is 0 Å². The first-order chi connectivity index (χ1) is 9.95. The van der Waals surface area contributed by atoms with Crippen molar-refractivity contribution in [3.63, 3.8) is 0 Å². The Balaban J connectivity index is 2.24. The fourth-order valence-electron chi connectivity index (χ4n) is 2.06. The standard InChI is InChI=1S/C17H20N2OS/c1-17(2,12-8-10-13(18)11-9-12)16(20)19-14-6-4-5-7-15(14)21-3/h4-11H,18H2,1-3H3,(H,19,20). The maximum atomic E-state index is 12.6. The Bertz CT molecular complexity index is 635. The Kier molecular flexibility index (Phi) is 4.58. The van der Waals surface area contributed by atoms with E-state index in [0.717, 1.165) is 16.1 Å². The Hall–Kier alpha value is -1.94. The van der Waals surface area contributed by atoms with Gasteiger partial charge in [-0.1, -0.05) is 24.3 Å². The number of rotatable bonds is 4. The molecule has 3 nitrogen and oxygen atoms in total. The van der Waals surface area contributed by atoms with Crippen LogP contribution in [0.5, 0.6) is 0 Å². The number of amides is 1. The van der Waals surface area contributed by atoms with Crippen LogP contribution < -0.4 is 11.1 Å². The first-order valence-electron chi connectivity index (χ1n) is 6.75. The highest BCUT2D eigenvalue weighted by molar-refractivity contribution is 7.98. The smallest absolute Gasteiger partial charge is 0.234 e. The maximum absolute atomic E-state index is 12.6. The molecule has 0 atom stereocenters. The molecule has 0 aromatic heterocycles. The Labute approximate surface area is 129 Å². The van der Waals surface area contributed by atoms with Crippen LogP contribution in [0.2, 0.25) is 0 Å². The third kappa shape index (κ3) is 3.39. The topological polar surface area (TPSA) is 55.1 Å². The summed E-state index contributed by atoms with van der Waals surface area (Å²) in [5.41, 5.74) is 7.56. The number of para-hydroxylation sites is 1. The summed E-state index contributed by atoms with van der Waals surface area (Å²) in [6.45, 7) is 3.82. The summed E-state index contributed by atoms with van der Waals surface area (Å²) in [6, 6.07) is 15.2. The lowest BCUT2D eigenvalue weighted by Crippen LogP contribution is -2.34. The van der Waals surface area contributed by atoms with Gasteiger partial charge < -0.3 is 11.1 Å². The van der Waals surface area contributed by atoms with Crippen molar-refractivity contribution in [1.82, 2.24) is 0 Å². The largest absolute Gasteiger partial charge is 0.399 e. The average Bonchev–Trinajstić information content (AvgIpc) is 2.48. The predicted molar refractivity (Wildman–Crippen MR) is 90.7 cm³/mol. The van der Waals surface area contributed by atoms with Crippen molar-refractivity contribution in [2.45, 2.75) is 24.2 Å². The van der Waals surface area contributed by atoms with E-state index in [1.165, 1.54) is 0 Å². The number of nitrogens with one attached hydrogen (secondary N) is 1. The molecule has 110 valence electrons. The number of thioether (sulfide) groups is 1. The van der Waals surface area contributed by atoms with Crippen LogP contribution >= 0.6 is 11.8 Å². The lowest BCUT2D eigenvalue weighted by molar-refractivity contribution is -0.120. The van der Waals surface area contributed by atoms with Gasteiger partial charge in [-0.25, -0.2) is 0 Å². The van der Waals surface area contributed by atoms with E-state index in [1.54, 1.807) is 11.8 Å². The molecule has 3 N–H and O–H groups in total. The highest BCUT2D eigenvalue weighted by atomic mass is 32.2. The van der Waals surface area contributed by atoms with Crippen LogP contribution in [-0.4, -0.2) is 12.2 Å². The zero-order chi connectivity index (χ0) is 15.5. The minimum Gasteiger partial charge on any atom is -0.399 e. The number of hydrogen-bond acceptors (Lipinski definition) is 3. The van der Waals surface area contributed by atoms with Crippen LogP contribution in [0.1, 0.15) is 19.4 Å². The molecule has 2 aromatic carbocycles. The van der Waals surface area contributed by atoms with Crippen molar-refractivity contribution in [2.24, 2.45) is 0 Å². The van der Waals surface area contributed by atoms with Gasteiger partial charge in [0.1, 0.15) is 0 Å². The van der Waals surface area contributed by atoms with Crippen molar-refractivity contribution < 1.29 is 4.79 Å². The minimum atomic E-state index is -0.626. The third-order valence-corrected chi connectivity index (χ3v) is 4.35. The zero-order valence-electron chi connectivity index (χ0n) is 12.5. The van der Waals surface area contributed by atoms with E-state index < -0.39 is 5.41 Å². The molecule has 0 aliphatic rings. The molecule has 0 saturated heterocycles. The molecule has 2 rings (SSSR count). The Morgan fingerprint density at radius 2 is 1.71 bits per heavy atom.